The van der Waals surface area contributed by atoms with Gasteiger partial charge in [-0.3, -0.25) is 9.69 Å². The van der Waals surface area contributed by atoms with Gasteiger partial charge in [0.05, 0.1) is 12.0 Å². The monoisotopic (exact) mass is 340 g/mol. The molecule has 2 aliphatic heterocycles. The van der Waals surface area contributed by atoms with E-state index in [9.17, 15) is 13.6 Å². The van der Waals surface area contributed by atoms with E-state index in [0.717, 1.165) is 24.4 Å². The third-order valence-electron chi connectivity index (χ3n) is 5.30. The van der Waals surface area contributed by atoms with Crippen LogP contribution in [-0.4, -0.2) is 42.9 Å². The van der Waals surface area contributed by atoms with E-state index in [1.807, 2.05) is 26.0 Å². The fraction of sp³-hybridized carbons (Fsp3) is 0.722. The van der Waals surface area contributed by atoms with E-state index in [1.165, 1.54) is 0 Å². The van der Waals surface area contributed by atoms with Crippen molar-refractivity contribution in [3.8, 4) is 0 Å². The van der Waals surface area contributed by atoms with Crippen molar-refractivity contribution in [3.05, 3.63) is 23.7 Å². The van der Waals surface area contributed by atoms with Crippen molar-refractivity contribution >= 4 is 5.91 Å². The molecule has 1 N–H and O–H groups in total. The second-order valence-corrected chi connectivity index (χ2v) is 7.52. The molecule has 24 heavy (non-hydrogen) atoms. The summed E-state index contributed by atoms with van der Waals surface area (Å²) in [4.78, 5) is 14.0. The van der Waals surface area contributed by atoms with Crippen LogP contribution in [0.25, 0.3) is 0 Å². The van der Waals surface area contributed by atoms with Crippen LogP contribution < -0.4 is 5.32 Å². The van der Waals surface area contributed by atoms with E-state index in [-0.39, 0.29) is 24.8 Å². The van der Waals surface area contributed by atoms with Crippen LogP contribution in [0.1, 0.15) is 50.0 Å². The van der Waals surface area contributed by atoms with Gasteiger partial charge in [-0.2, -0.15) is 0 Å². The Kier molecular flexibility index (Phi) is 4.69. The van der Waals surface area contributed by atoms with Gasteiger partial charge < -0.3 is 9.73 Å². The van der Waals surface area contributed by atoms with Gasteiger partial charge in [0, 0.05) is 25.4 Å². The number of carbonyl (C=O) groups is 1. The van der Waals surface area contributed by atoms with Crippen LogP contribution in [0.15, 0.2) is 16.5 Å². The van der Waals surface area contributed by atoms with Gasteiger partial charge in [0.15, 0.2) is 0 Å². The molecule has 2 atom stereocenters. The number of likely N-dealkylation sites (tertiary alicyclic amines) is 1. The van der Waals surface area contributed by atoms with Crippen LogP contribution >= 0.6 is 0 Å². The zero-order valence-electron chi connectivity index (χ0n) is 14.4. The third kappa shape index (κ3) is 3.63. The van der Waals surface area contributed by atoms with E-state index in [4.69, 9.17) is 4.42 Å². The number of furan rings is 1. The third-order valence-corrected chi connectivity index (χ3v) is 5.30. The van der Waals surface area contributed by atoms with Crippen LogP contribution in [-0.2, 0) is 4.79 Å². The van der Waals surface area contributed by atoms with E-state index in [0.29, 0.717) is 26.1 Å². The maximum absolute atomic E-state index is 14.3. The van der Waals surface area contributed by atoms with Gasteiger partial charge in [-0.05, 0) is 44.9 Å². The lowest BCUT2D eigenvalue weighted by Gasteiger charge is -2.47. The molecule has 134 valence electrons. The average molecular weight is 340 g/mol. The van der Waals surface area contributed by atoms with Crippen molar-refractivity contribution in [3.63, 3.8) is 0 Å². The van der Waals surface area contributed by atoms with Crippen molar-refractivity contribution in [2.45, 2.75) is 51.4 Å². The largest absolute Gasteiger partial charge is 0.466 e. The molecule has 3 heterocycles. The molecule has 2 saturated heterocycles. The first-order valence-electron chi connectivity index (χ1n) is 8.75. The number of hydrogen-bond donors (Lipinski definition) is 1. The Morgan fingerprint density at radius 2 is 2.17 bits per heavy atom. The minimum Gasteiger partial charge on any atom is -0.466 e. The highest BCUT2D eigenvalue weighted by Gasteiger charge is 2.53. The summed E-state index contributed by atoms with van der Waals surface area (Å²) in [7, 11) is 0. The molecule has 1 aromatic heterocycles. The van der Waals surface area contributed by atoms with Crippen LogP contribution in [0.5, 0.6) is 0 Å². The quantitative estimate of drug-likeness (QED) is 0.914. The molecule has 2 aliphatic rings. The lowest BCUT2D eigenvalue weighted by molar-refractivity contribution is -0.157. The van der Waals surface area contributed by atoms with Gasteiger partial charge in [-0.15, -0.1) is 0 Å². The van der Waals surface area contributed by atoms with Gasteiger partial charge in [0.2, 0.25) is 5.91 Å². The van der Waals surface area contributed by atoms with Gasteiger partial charge in [0.25, 0.3) is 5.92 Å². The Labute approximate surface area is 141 Å². The van der Waals surface area contributed by atoms with Crippen LogP contribution in [0.3, 0.4) is 0 Å². The lowest BCUT2D eigenvalue weighted by Crippen LogP contribution is -2.60. The van der Waals surface area contributed by atoms with Crippen molar-refractivity contribution in [1.29, 1.82) is 0 Å². The molecule has 2 fully saturated rings. The summed E-state index contributed by atoms with van der Waals surface area (Å²) in [5.41, 5.74) is -0.926. The van der Waals surface area contributed by atoms with E-state index in [2.05, 4.69) is 5.32 Å². The molecule has 0 aliphatic carbocycles. The number of carbonyl (C=O) groups excluding carboxylic acids is 1. The van der Waals surface area contributed by atoms with Crippen LogP contribution in [0, 0.1) is 12.3 Å². The second kappa shape index (κ2) is 6.47. The van der Waals surface area contributed by atoms with Gasteiger partial charge in [-0.1, -0.05) is 6.92 Å². The maximum atomic E-state index is 14.3. The maximum Gasteiger partial charge on any atom is 0.261 e. The molecule has 4 nitrogen and oxygen atoms in total. The van der Waals surface area contributed by atoms with Gasteiger partial charge >= 0.3 is 0 Å². The highest BCUT2D eigenvalue weighted by molar-refractivity contribution is 5.83. The van der Waals surface area contributed by atoms with Crippen molar-refractivity contribution in [2.75, 3.05) is 26.2 Å². The zero-order chi connectivity index (χ0) is 17.4. The van der Waals surface area contributed by atoms with Crippen molar-refractivity contribution in [2.24, 2.45) is 5.41 Å². The number of amides is 1. The number of alkyl halides is 2. The fourth-order valence-electron chi connectivity index (χ4n) is 4.06. The normalized spacial score (nSPS) is 28.8. The summed E-state index contributed by atoms with van der Waals surface area (Å²) in [6, 6.07) is 3.86. The summed E-state index contributed by atoms with van der Waals surface area (Å²) in [5, 5.41) is 2.78. The smallest absolute Gasteiger partial charge is 0.261 e. The van der Waals surface area contributed by atoms with E-state index >= 15 is 0 Å². The first-order valence-corrected chi connectivity index (χ1v) is 8.75. The van der Waals surface area contributed by atoms with Crippen LogP contribution in [0.4, 0.5) is 8.78 Å². The topological polar surface area (TPSA) is 45.5 Å². The molecule has 0 unspecified atom stereocenters. The molecule has 3 rings (SSSR count). The minimum atomic E-state index is -2.81. The summed E-state index contributed by atoms with van der Waals surface area (Å²) >= 11 is 0. The molecular formula is C18H26F2N2O2. The predicted octanol–water partition coefficient (Wildman–Crippen LogP) is 3.32. The summed E-state index contributed by atoms with van der Waals surface area (Å²) in [5.74, 6) is -1.09. The highest BCUT2D eigenvalue weighted by Crippen LogP contribution is 2.43. The minimum absolute atomic E-state index is 0.172. The number of hydrogen-bond acceptors (Lipinski definition) is 3. The average Bonchev–Trinajstić information content (AvgIpc) is 2.93. The summed E-state index contributed by atoms with van der Waals surface area (Å²) < 4.78 is 34.2. The lowest BCUT2D eigenvalue weighted by atomic mass is 9.72. The number of nitrogens with zero attached hydrogens (tertiary/aromatic N) is 1. The van der Waals surface area contributed by atoms with Gasteiger partial charge in [0.1, 0.15) is 11.5 Å². The molecule has 0 saturated carbocycles. The number of rotatable bonds is 4. The molecular weight excluding hydrogens is 314 g/mol. The molecule has 0 radical (unpaired) electrons. The second-order valence-electron chi connectivity index (χ2n) is 7.52. The number of piperidine rings is 2. The SMILES string of the molecule is Cc1ccc([C@@H](C)CCN2CC(F)(F)C[C@@]3(CCCNC3=O)C2)o1. The molecule has 1 amide bonds. The predicted molar refractivity (Wildman–Crippen MR) is 87.2 cm³/mol. The Bertz CT molecular complexity index is 602. The molecule has 0 bridgehead atoms. The Hall–Kier alpha value is -1.43. The molecule has 1 aromatic rings. The van der Waals surface area contributed by atoms with Crippen molar-refractivity contribution < 1.29 is 18.0 Å². The Morgan fingerprint density at radius 1 is 1.38 bits per heavy atom. The summed E-state index contributed by atoms with van der Waals surface area (Å²) in [6.45, 7) is 5.26. The standard InChI is InChI=1S/C18H26F2N2O2/c1-13(15-5-4-14(2)24-15)6-9-22-11-17(10-18(19,20)12-22)7-3-8-21-16(17)23/h4-5,13H,3,6-12H2,1-2H3,(H,21,23)/t13-,17-/m0/s1. The number of nitrogens with one attached hydrogen (secondary N) is 1. The Balaban J connectivity index is 1.65. The first-order chi connectivity index (χ1) is 11.3. The number of halogens is 2. The molecule has 6 heteroatoms. The van der Waals surface area contributed by atoms with Crippen LogP contribution in [0.2, 0.25) is 0 Å². The summed E-state index contributed by atoms with van der Waals surface area (Å²) in [6.07, 6.45) is 1.74. The van der Waals surface area contributed by atoms with E-state index < -0.39 is 11.3 Å². The zero-order valence-corrected chi connectivity index (χ0v) is 14.4. The first kappa shape index (κ1) is 17.4. The van der Waals surface area contributed by atoms with Crippen molar-refractivity contribution in [1.82, 2.24) is 10.2 Å². The highest BCUT2D eigenvalue weighted by atomic mass is 19.3. The molecule has 0 aromatic carbocycles. The number of aryl methyl sites for hydroxylation is 1. The van der Waals surface area contributed by atoms with E-state index in [1.54, 1.807) is 4.90 Å². The Morgan fingerprint density at radius 3 is 2.83 bits per heavy atom. The van der Waals surface area contributed by atoms with Gasteiger partial charge in [-0.25, -0.2) is 8.78 Å². The molecule has 1 spiro atoms. The fourth-order valence-corrected chi connectivity index (χ4v) is 4.06.